The first-order chi connectivity index (χ1) is 17.8. The average Bonchev–Trinajstić information content (AvgIpc) is 2.91. The van der Waals surface area contributed by atoms with E-state index in [0.29, 0.717) is 12.5 Å². The van der Waals surface area contributed by atoms with E-state index in [1.165, 1.54) is 11.1 Å². The molecule has 0 fully saturated rings. The van der Waals surface area contributed by atoms with Crippen LogP contribution in [-0.4, -0.2) is 38.8 Å². The molecule has 6 heteroatoms. The molecule has 5 nitrogen and oxygen atoms in total. The number of hydrogen-bond acceptors (Lipinski definition) is 4. The summed E-state index contributed by atoms with van der Waals surface area (Å²) in [7, 11) is 5.76. The van der Waals surface area contributed by atoms with E-state index >= 15 is 0 Å². The fourth-order valence-electron chi connectivity index (χ4n) is 4.77. The minimum atomic E-state index is -0.162. The minimum Gasteiger partial charge on any atom is -0.497 e. The summed E-state index contributed by atoms with van der Waals surface area (Å²) in [4.78, 5) is 18.2. The quantitative estimate of drug-likeness (QED) is 0.353. The van der Waals surface area contributed by atoms with Crippen molar-refractivity contribution in [3.63, 3.8) is 0 Å². The van der Waals surface area contributed by atoms with E-state index in [-0.39, 0.29) is 30.8 Å². The Morgan fingerprint density at radius 1 is 1.00 bits per heavy atom. The number of aryl methyl sites for hydroxylation is 1. The van der Waals surface area contributed by atoms with Crippen molar-refractivity contribution in [2.45, 2.75) is 58.4 Å². The predicted octanol–water partition coefficient (Wildman–Crippen LogP) is 6.96. The molecule has 0 unspecified atom stereocenters. The lowest BCUT2D eigenvalue weighted by Crippen LogP contribution is -2.36. The van der Waals surface area contributed by atoms with Gasteiger partial charge in [-0.3, -0.25) is 4.79 Å². The maximum atomic E-state index is 14.1. The normalized spacial score (nSPS) is 13.9. The molecule has 38 heavy (non-hydrogen) atoms. The summed E-state index contributed by atoms with van der Waals surface area (Å²) in [5.41, 5.74) is 6.86. The first-order valence-electron chi connectivity index (χ1n) is 13.2. The molecule has 0 bridgehead atoms. The van der Waals surface area contributed by atoms with Crippen LogP contribution in [0, 0.1) is 0 Å². The number of ether oxygens (including phenoxy) is 1. The number of halogens is 1. The van der Waals surface area contributed by atoms with E-state index in [2.05, 4.69) is 79.4 Å². The van der Waals surface area contributed by atoms with Crippen molar-refractivity contribution in [2.24, 2.45) is 0 Å². The Morgan fingerprint density at radius 3 is 2.16 bits per heavy atom. The van der Waals surface area contributed by atoms with Crippen molar-refractivity contribution >= 4 is 29.7 Å². The highest BCUT2D eigenvalue weighted by Gasteiger charge is 2.31. The smallest absolute Gasteiger partial charge is 0.234 e. The van der Waals surface area contributed by atoms with Gasteiger partial charge < -0.3 is 19.6 Å². The summed E-state index contributed by atoms with van der Waals surface area (Å²) in [5.74, 6) is 1.26. The topological polar surface area (TPSA) is 53.0 Å². The largest absolute Gasteiger partial charge is 0.497 e. The van der Waals surface area contributed by atoms with Crippen molar-refractivity contribution < 1.29 is 14.6 Å². The molecule has 1 aliphatic rings. The van der Waals surface area contributed by atoms with Gasteiger partial charge in [-0.05, 0) is 90.8 Å². The number of carbonyl (C=O) groups is 1. The van der Waals surface area contributed by atoms with Gasteiger partial charge in [-0.1, -0.05) is 44.2 Å². The number of methoxy groups -OCH3 is 1. The molecule has 1 atom stereocenters. The zero-order valence-corrected chi connectivity index (χ0v) is 24.4. The molecule has 206 valence electrons. The molecule has 1 aliphatic carbocycles. The average molecular weight is 539 g/mol. The molecule has 4 rings (SSSR count). The van der Waals surface area contributed by atoms with Crippen molar-refractivity contribution in [1.82, 2.24) is 0 Å². The Balaban J connectivity index is 0.00000121. The first kappa shape index (κ1) is 31.2. The zero-order valence-electron chi connectivity index (χ0n) is 23.6. The number of carbonyl (C=O) groups excluding carboxylic acids is 1. The fraction of sp³-hybridized carbons (Fsp3) is 0.406. The van der Waals surface area contributed by atoms with Crippen LogP contribution in [0.2, 0.25) is 0 Å². The first-order valence-corrected chi connectivity index (χ1v) is 13.2. The second-order valence-electron chi connectivity index (χ2n) is 10.1. The van der Waals surface area contributed by atoms with Gasteiger partial charge in [-0.15, -0.1) is 12.4 Å². The molecule has 0 heterocycles. The molecule has 0 radical (unpaired) electrons. The van der Waals surface area contributed by atoms with E-state index in [1.54, 1.807) is 14.0 Å². The predicted molar refractivity (Wildman–Crippen MR) is 161 cm³/mol. The van der Waals surface area contributed by atoms with Crippen LogP contribution in [0.4, 0.5) is 11.4 Å². The Bertz CT molecular complexity index is 1140. The Labute approximate surface area is 234 Å². The summed E-state index contributed by atoms with van der Waals surface area (Å²) >= 11 is 0. The second-order valence-corrected chi connectivity index (χ2v) is 10.1. The van der Waals surface area contributed by atoms with Crippen LogP contribution in [0.5, 0.6) is 5.75 Å². The van der Waals surface area contributed by atoms with Crippen LogP contribution in [0.25, 0.3) is 0 Å². The lowest BCUT2D eigenvalue weighted by molar-refractivity contribution is -0.120. The lowest BCUT2D eigenvalue weighted by atomic mass is 9.81. The van der Waals surface area contributed by atoms with Crippen LogP contribution in [0.3, 0.4) is 0 Å². The van der Waals surface area contributed by atoms with Crippen molar-refractivity contribution in [1.29, 1.82) is 0 Å². The van der Waals surface area contributed by atoms with Gasteiger partial charge in [0, 0.05) is 32.1 Å². The maximum absolute atomic E-state index is 14.1. The van der Waals surface area contributed by atoms with Crippen molar-refractivity contribution in [3.8, 4) is 5.75 Å². The summed E-state index contributed by atoms with van der Waals surface area (Å²) in [5, 5.41) is 7.57. The third kappa shape index (κ3) is 7.75. The van der Waals surface area contributed by atoms with Gasteiger partial charge in [0.1, 0.15) is 5.75 Å². The van der Waals surface area contributed by atoms with E-state index in [0.717, 1.165) is 47.5 Å². The van der Waals surface area contributed by atoms with Gasteiger partial charge in [-0.25, -0.2) is 0 Å². The number of amides is 1. The number of benzene rings is 3. The van der Waals surface area contributed by atoms with E-state index < -0.39 is 0 Å². The molecule has 0 aliphatic heterocycles. The van der Waals surface area contributed by atoms with Gasteiger partial charge in [0.15, 0.2) is 0 Å². The van der Waals surface area contributed by atoms with E-state index in [1.807, 2.05) is 25.1 Å². The van der Waals surface area contributed by atoms with Crippen LogP contribution in [-0.2, 0) is 17.8 Å². The summed E-state index contributed by atoms with van der Waals surface area (Å²) in [6.45, 7) is 6.86. The Kier molecular flexibility index (Phi) is 12.1. The summed E-state index contributed by atoms with van der Waals surface area (Å²) < 4.78 is 5.49. The third-order valence-corrected chi connectivity index (χ3v) is 6.90. The molecular weight excluding hydrogens is 496 g/mol. The highest BCUT2D eigenvalue weighted by Crippen LogP contribution is 2.37. The summed E-state index contributed by atoms with van der Waals surface area (Å²) in [6, 6.07) is 23.1. The number of aliphatic hydroxyl groups is 1. The number of aliphatic hydroxyl groups excluding tert-OH is 1. The van der Waals surface area contributed by atoms with Gasteiger partial charge >= 0.3 is 0 Å². The molecular formula is C32H43ClN2O3. The standard InChI is InChI=1S/C30H36N2O2.C2H6O.ClH/c1-21(2)23-11-16-26(17-12-23)32(20-22-9-14-25(15-10-22)31(3)4)30(33)28-8-6-7-24-13-18-27(34-5)19-29(24)28;1-2-3;/h9-19,21,28H,6-8,20H2,1-5H3;3H,2H2,1H3;1H/t28-;;/m1../s1. The van der Waals surface area contributed by atoms with Crippen LogP contribution >= 0.6 is 12.4 Å². The third-order valence-electron chi connectivity index (χ3n) is 6.90. The zero-order chi connectivity index (χ0) is 26.9. The van der Waals surface area contributed by atoms with Crippen LogP contribution < -0.4 is 14.5 Å². The SMILES string of the molecule is CCO.COc1ccc2c(c1)[C@H](C(=O)N(Cc1ccc(N(C)C)cc1)c1ccc(C(C)C)cc1)CCC2.Cl. The molecule has 3 aromatic rings. The fourth-order valence-corrected chi connectivity index (χ4v) is 4.77. The maximum Gasteiger partial charge on any atom is 0.234 e. The number of anilines is 2. The number of rotatable bonds is 7. The molecule has 0 saturated carbocycles. The Hall–Kier alpha value is -3.02. The van der Waals surface area contributed by atoms with Crippen LogP contribution in [0.1, 0.15) is 67.7 Å². The highest BCUT2D eigenvalue weighted by atomic mass is 35.5. The van der Waals surface area contributed by atoms with Gasteiger partial charge in [-0.2, -0.15) is 0 Å². The number of nitrogens with zero attached hydrogens (tertiary/aromatic N) is 2. The lowest BCUT2D eigenvalue weighted by Gasteiger charge is -2.31. The highest BCUT2D eigenvalue weighted by molar-refractivity contribution is 5.98. The van der Waals surface area contributed by atoms with Gasteiger partial charge in [0.2, 0.25) is 5.91 Å². The minimum absolute atomic E-state index is 0. The van der Waals surface area contributed by atoms with Crippen LogP contribution in [0.15, 0.2) is 66.7 Å². The number of hydrogen-bond donors (Lipinski definition) is 1. The molecule has 1 N–H and O–H groups in total. The van der Waals surface area contributed by atoms with E-state index in [9.17, 15) is 4.79 Å². The second kappa shape index (κ2) is 14.8. The van der Waals surface area contributed by atoms with Gasteiger partial charge in [0.25, 0.3) is 0 Å². The monoisotopic (exact) mass is 538 g/mol. The van der Waals surface area contributed by atoms with Crippen molar-refractivity contribution in [3.05, 3.63) is 89.0 Å². The van der Waals surface area contributed by atoms with E-state index in [4.69, 9.17) is 9.84 Å². The molecule has 0 spiro atoms. The Morgan fingerprint density at radius 2 is 1.61 bits per heavy atom. The van der Waals surface area contributed by atoms with Gasteiger partial charge in [0.05, 0.1) is 19.6 Å². The molecule has 3 aromatic carbocycles. The molecule has 0 saturated heterocycles. The summed E-state index contributed by atoms with van der Waals surface area (Å²) in [6.07, 6.45) is 2.89. The molecule has 1 amide bonds. The van der Waals surface area contributed by atoms with Crippen molar-refractivity contribution in [2.75, 3.05) is 37.6 Å². The number of fused-ring (bicyclic) bond motifs is 1. The molecule has 0 aromatic heterocycles.